The van der Waals surface area contributed by atoms with E-state index in [1.54, 1.807) is 29.9 Å². The van der Waals surface area contributed by atoms with E-state index in [2.05, 4.69) is 20.3 Å². The molecule has 3 aromatic rings. The van der Waals surface area contributed by atoms with Crippen molar-refractivity contribution < 1.29 is 9.53 Å². The van der Waals surface area contributed by atoms with Gasteiger partial charge in [-0.1, -0.05) is 32.4 Å². The van der Waals surface area contributed by atoms with Crippen LogP contribution in [0.4, 0.5) is 0 Å². The number of fused-ring (bicyclic) bond motifs is 1. The first-order valence-corrected chi connectivity index (χ1v) is 7.96. The van der Waals surface area contributed by atoms with Crippen LogP contribution in [0.1, 0.15) is 43.7 Å². The monoisotopic (exact) mass is 347 g/mol. The summed E-state index contributed by atoms with van der Waals surface area (Å²) in [6, 6.07) is 1.69. The van der Waals surface area contributed by atoms with Crippen LogP contribution in [0, 0.1) is 0 Å². The minimum absolute atomic E-state index is 0.254. The molecule has 0 aliphatic rings. The number of nitrogens with one attached hydrogen (secondary N) is 1. The molecule has 126 valence electrons. The van der Waals surface area contributed by atoms with Crippen LogP contribution in [0.25, 0.3) is 16.9 Å². The lowest BCUT2D eigenvalue weighted by Crippen LogP contribution is -2.17. The van der Waals surface area contributed by atoms with Crippen molar-refractivity contribution in [2.24, 2.45) is 0 Å². The fourth-order valence-electron chi connectivity index (χ4n) is 2.62. The van der Waals surface area contributed by atoms with Gasteiger partial charge in [-0.25, -0.2) is 14.3 Å². The Bertz CT molecular complexity index is 893. The van der Waals surface area contributed by atoms with Gasteiger partial charge in [0.25, 0.3) is 0 Å². The van der Waals surface area contributed by atoms with Crippen molar-refractivity contribution in [3.63, 3.8) is 0 Å². The van der Waals surface area contributed by atoms with Crippen LogP contribution >= 0.6 is 11.6 Å². The molecule has 0 aliphatic carbocycles. The molecular weight excluding hydrogens is 330 g/mol. The van der Waals surface area contributed by atoms with Crippen LogP contribution < -0.4 is 0 Å². The molecule has 0 bridgehead atoms. The van der Waals surface area contributed by atoms with Crippen LogP contribution in [0.2, 0.25) is 5.15 Å². The average molecular weight is 348 g/mol. The quantitative estimate of drug-likeness (QED) is 0.580. The van der Waals surface area contributed by atoms with Crippen LogP contribution in [-0.4, -0.2) is 37.4 Å². The zero-order valence-electron chi connectivity index (χ0n) is 13.9. The molecule has 0 saturated heterocycles. The predicted molar refractivity (Wildman–Crippen MR) is 90.2 cm³/mol. The zero-order valence-corrected chi connectivity index (χ0v) is 14.7. The topological polar surface area (TPSA) is 85.2 Å². The van der Waals surface area contributed by atoms with Crippen molar-refractivity contribution in [3.8, 4) is 11.3 Å². The number of halogens is 1. The predicted octanol–water partition coefficient (Wildman–Crippen LogP) is 3.25. The second kappa shape index (κ2) is 5.90. The molecule has 0 aliphatic heterocycles. The number of esters is 1. The summed E-state index contributed by atoms with van der Waals surface area (Å²) in [5.41, 5.74) is 2.61. The molecule has 8 heteroatoms. The van der Waals surface area contributed by atoms with E-state index in [1.165, 1.54) is 0 Å². The number of carbonyl (C=O) groups excluding carboxylic acids is 1. The van der Waals surface area contributed by atoms with E-state index in [0.29, 0.717) is 22.1 Å². The van der Waals surface area contributed by atoms with E-state index in [4.69, 9.17) is 16.3 Å². The molecule has 0 atom stereocenters. The molecule has 0 aromatic carbocycles. The van der Waals surface area contributed by atoms with Crippen molar-refractivity contribution in [2.75, 3.05) is 6.61 Å². The largest absolute Gasteiger partial charge is 0.461 e. The first-order valence-electron chi connectivity index (χ1n) is 7.59. The van der Waals surface area contributed by atoms with Crippen molar-refractivity contribution in [1.82, 2.24) is 24.8 Å². The second-order valence-corrected chi connectivity index (χ2v) is 6.77. The maximum atomic E-state index is 12.4. The van der Waals surface area contributed by atoms with Crippen LogP contribution in [0.3, 0.4) is 0 Å². The molecule has 3 aromatic heterocycles. The first-order chi connectivity index (χ1) is 11.3. The molecule has 3 rings (SSSR count). The summed E-state index contributed by atoms with van der Waals surface area (Å²) in [5.74, 6) is -0.470. The SMILES string of the molecule is CCOC(=O)c1nn2c(-c3cn[nH]c3)cc(Cl)nc2c1C(C)(C)C. The van der Waals surface area contributed by atoms with Gasteiger partial charge >= 0.3 is 5.97 Å². The van der Waals surface area contributed by atoms with Gasteiger partial charge in [0.2, 0.25) is 0 Å². The van der Waals surface area contributed by atoms with Crippen molar-refractivity contribution in [2.45, 2.75) is 33.1 Å². The molecule has 0 saturated carbocycles. The summed E-state index contributed by atoms with van der Waals surface area (Å²) >= 11 is 6.21. The van der Waals surface area contributed by atoms with E-state index in [9.17, 15) is 4.79 Å². The van der Waals surface area contributed by atoms with Gasteiger partial charge in [-0.2, -0.15) is 10.2 Å². The van der Waals surface area contributed by atoms with E-state index >= 15 is 0 Å². The number of nitrogens with zero attached hydrogens (tertiary/aromatic N) is 4. The molecule has 0 spiro atoms. The minimum atomic E-state index is -0.470. The Morgan fingerprint density at radius 3 is 2.75 bits per heavy atom. The number of H-pyrrole nitrogens is 1. The highest BCUT2D eigenvalue weighted by Crippen LogP contribution is 2.33. The molecule has 0 radical (unpaired) electrons. The number of carbonyl (C=O) groups is 1. The highest BCUT2D eigenvalue weighted by molar-refractivity contribution is 6.29. The normalized spacial score (nSPS) is 11.9. The standard InChI is InChI=1S/C16H18ClN5O2/c1-5-24-15(23)13-12(16(2,3)4)14-20-11(17)6-10(22(14)21-13)9-7-18-19-8-9/h6-8H,5H2,1-4H3,(H,18,19). The van der Waals surface area contributed by atoms with Gasteiger partial charge in [-0.05, 0) is 12.3 Å². The number of aromatic amines is 1. The van der Waals surface area contributed by atoms with E-state index in [0.717, 1.165) is 5.56 Å². The summed E-state index contributed by atoms with van der Waals surface area (Å²) in [6.07, 6.45) is 3.39. The van der Waals surface area contributed by atoms with Crippen molar-refractivity contribution in [3.05, 3.63) is 34.9 Å². The first kappa shape index (κ1) is 16.4. The van der Waals surface area contributed by atoms with Gasteiger partial charge in [-0.3, -0.25) is 5.10 Å². The molecule has 0 fully saturated rings. The number of aromatic nitrogens is 5. The number of hydrogen-bond donors (Lipinski definition) is 1. The van der Waals surface area contributed by atoms with Gasteiger partial charge < -0.3 is 4.74 Å². The lowest BCUT2D eigenvalue weighted by atomic mass is 9.86. The summed E-state index contributed by atoms with van der Waals surface area (Å²) in [7, 11) is 0. The van der Waals surface area contributed by atoms with E-state index in [-0.39, 0.29) is 17.7 Å². The Morgan fingerprint density at radius 2 is 2.17 bits per heavy atom. The third-order valence-corrected chi connectivity index (χ3v) is 3.76. The van der Waals surface area contributed by atoms with Gasteiger partial charge in [0.1, 0.15) is 5.15 Å². The highest BCUT2D eigenvalue weighted by Gasteiger charge is 2.31. The van der Waals surface area contributed by atoms with Gasteiger partial charge in [0.15, 0.2) is 11.3 Å². The van der Waals surface area contributed by atoms with Crippen molar-refractivity contribution >= 4 is 23.2 Å². The fourth-order valence-corrected chi connectivity index (χ4v) is 2.80. The van der Waals surface area contributed by atoms with Gasteiger partial charge in [-0.15, -0.1) is 0 Å². The summed E-state index contributed by atoms with van der Waals surface area (Å²) in [6.45, 7) is 8.02. The van der Waals surface area contributed by atoms with Crippen LogP contribution in [0.5, 0.6) is 0 Å². The van der Waals surface area contributed by atoms with Crippen LogP contribution in [0.15, 0.2) is 18.5 Å². The Labute approximate surface area is 144 Å². The van der Waals surface area contributed by atoms with E-state index in [1.807, 2.05) is 20.8 Å². The van der Waals surface area contributed by atoms with Gasteiger partial charge in [0, 0.05) is 23.4 Å². The lowest BCUT2D eigenvalue weighted by Gasteiger charge is -2.18. The molecule has 1 N–H and O–H groups in total. The maximum absolute atomic E-state index is 12.4. The average Bonchev–Trinajstić information content (AvgIpc) is 3.13. The molecule has 0 amide bonds. The smallest absolute Gasteiger partial charge is 0.359 e. The maximum Gasteiger partial charge on any atom is 0.359 e. The fraction of sp³-hybridized carbons (Fsp3) is 0.375. The highest BCUT2D eigenvalue weighted by atomic mass is 35.5. The number of rotatable bonds is 3. The van der Waals surface area contributed by atoms with E-state index < -0.39 is 5.97 Å². The zero-order chi connectivity index (χ0) is 17.5. The number of hydrogen-bond acceptors (Lipinski definition) is 5. The summed E-state index contributed by atoms with van der Waals surface area (Å²) < 4.78 is 6.77. The van der Waals surface area contributed by atoms with Crippen molar-refractivity contribution in [1.29, 1.82) is 0 Å². The lowest BCUT2D eigenvalue weighted by molar-refractivity contribution is 0.0516. The molecule has 0 unspecified atom stereocenters. The van der Waals surface area contributed by atoms with Gasteiger partial charge in [0.05, 0.1) is 18.5 Å². The molecule has 24 heavy (non-hydrogen) atoms. The molecule has 7 nitrogen and oxygen atoms in total. The molecule has 3 heterocycles. The molecular formula is C16H18ClN5O2. The Hall–Kier alpha value is -2.41. The van der Waals surface area contributed by atoms with Crippen LogP contribution in [-0.2, 0) is 10.2 Å². The Morgan fingerprint density at radius 1 is 1.42 bits per heavy atom. The Kier molecular flexibility index (Phi) is 4.04. The third-order valence-electron chi connectivity index (χ3n) is 3.57. The minimum Gasteiger partial charge on any atom is -0.461 e. The Balaban J connectivity index is 2.37. The summed E-state index contributed by atoms with van der Waals surface area (Å²) in [5, 5.41) is 11.5. The number of ether oxygens (including phenoxy) is 1. The third kappa shape index (κ3) is 2.75. The second-order valence-electron chi connectivity index (χ2n) is 6.38. The summed E-state index contributed by atoms with van der Waals surface area (Å²) in [4.78, 5) is 16.8.